The van der Waals surface area contributed by atoms with Crippen molar-refractivity contribution in [1.29, 1.82) is 0 Å². The van der Waals surface area contributed by atoms with E-state index in [1.807, 2.05) is 0 Å². The van der Waals surface area contributed by atoms with Gasteiger partial charge in [-0.15, -0.1) is 0 Å². The van der Waals surface area contributed by atoms with Crippen LogP contribution in [-0.2, 0) is 9.84 Å². The van der Waals surface area contributed by atoms with Crippen LogP contribution in [0.2, 0.25) is 10.0 Å². The molecule has 1 atom stereocenters. The topological polar surface area (TPSA) is 85.1 Å². The number of pyridine rings is 1. The first-order valence-electron chi connectivity index (χ1n) is 4.78. The molecular weight excluding hydrogens is 285 g/mol. The highest BCUT2D eigenvalue weighted by Gasteiger charge is 2.17. The van der Waals surface area contributed by atoms with Gasteiger partial charge in [0, 0.05) is 12.5 Å². The number of hydrogen-bond donors (Lipinski definition) is 2. The summed E-state index contributed by atoms with van der Waals surface area (Å²) in [5.41, 5.74) is 2.98. The molecule has 0 aliphatic heterocycles. The molecule has 17 heavy (non-hydrogen) atoms. The SMILES string of the molecule is CS(=O)(=O)CCC(NN)c1ncc(Cl)cc1Cl. The van der Waals surface area contributed by atoms with Crippen LogP contribution >= 0.6 is 23.2 Å². The molecule has 0 amide bonds. The van der Waals surface area contributed by atoms with Crippen molar-refractivity contribution in [3.05, 3.63) is 28.0 Å². The van der Waals surface area contributed by atoms with Crippen LogP contribution in [0.3, 0.4) is 0 Å². The van der Waals surface area contributed by atoms with Crippen LogP contribution in [0.5, 0.6) is 0 Å². The maximum Gasteiger partial charge on any atom is 0.147 e. The molecule has 0 saturated carbocycles. The third-order valence-corrected chi connectivity index (χ3v) is 3.63. The number of hydrazine groups is 1. The third-order valence-electron chi connectivity index (χ3n) is 2.14. The Balaban J connectivity index is 2.86. The molecule has 0 saturated heterocycles. The number of nitrogens with one attached hydrogen (secondary N) is 1. The largest absolute Gasteiger partial charge is 0.271 e. The molecule has 8 heteroatoms. The first-order valence-corrected chi connectivity index (χ1v) is 7.60. The molecule has 1 heterocycles. The average molecular weight is 298 g/mol. The van der Waals surface area contributed by atoms with E-state index in [9.17, 15) is 8.42 Å². The van der Waals surface area contributed by atoms with Crippen molar-refractivity contribution in [3.63, 3.8) is 0 Å². The minimum atomic E-state index is -3.05. The second-order valence-corrected chi connectivity index (χ2v) is 6.76. The number of sulfone groups is 1. The van der Waals surface area contributed by atoms with Crippen molar-refractivity contribution in [2.75, 3.05) is 12.0 Å². The van der Waals surface area contributed by atoms with Crippen LogP contribution in [-0.4, -0.2) is 25.4 Å². The Hall–Kier alpha value is -0.400. The molecule has 5 nitrogen and oxygen atoms in total. The van der Waals surface area contributed by atoms with Gasteiger partial charge in [0.25, 0.3) is 0 Å². The lowest BCUT2D eigenvalue weighted by Crippen LogP contribution is -2.30. The highest BCUT2D eigenvalue weighted by Crippen LogP contribution is 2.25. The van der Waals surface area contributed by atoms with Gasteiger partial charge in [0.15, 0.2) is 0 Å². The van der Waals surface area contributed by atoms with E-state index in [4.69, 9.17) is 29.0 Å². The Labute approximate surface area is 110 Å². The van der Waals surface area contributed by atoms with Gasteiger partial charge in [0.2, 0.25) is 0 Å². The van der Waals surface area contributed by atoms with Crippen molar-refractivity contribution in [2.45, 2.75) is 12.5 Å². The fourth-order valence-corrected chi connectivity index (χ4v) is 2.49. The zero-order valence-corrected chi connectivity index (χ0v) is 11.5. The highest BCUT2D eigenvalue weighted by atomic mass is 35.5. The second-order valence-electron chi connectivity index (χ2n) is 3.66. The van der Waals surface area contributed by atoms with Crippen LogP contribution in [0, 0.1) is 0 Å². The molecular formula is C9H13Cl2N3O2S. The van der Waals surface area contributed by atoms with Gasteiger partial charge < -0.3 is 0 Å². The first-order chi connectivity index (χ1) is 7.83. The predicted octanol–water partition coefficient (Wildman–Crippen LogP) is 1.33. The van der Waals surface area contributed by atoms with Crippen LogP contribution < -0.4 is 11.3 Å². The Kier molecular flexibility index (Phi) is 5.15. The van der Waals surface area contributed by atoms with Gasteiger partial charge in [-0.25, -0.2) is 8.42 Å². The molecule has 0 bridgehead atoms. The number of rotatable bonds is 5. The van der Waals surface area contributed by atoms with E-state index in [2.05, 4.69) is 10.4 Å². The van der Waals surface area contributed by atoms with Crippen molar-refractivity contribution < 1.29 is 8.42 Å². The Morgan fingerprint density at radius 2 is 2.18 bits per heavy atom. The van der Waals surface area contributed by atoms with Crippen LogP contribution in [0.4, 0.5) is 0 Å². The van der Waals surface area contributed by atoms with Crippen molar-refractivity contribution >= 4 is 33.0 Å². The smallest absolute Gasteiger partial charge is 0.147 e. The number of halogens is 2. The molecule has 0 aliphatic rings. The van der Waals surface area contributed by atoms with E-state index in [1.165, 1.54) is 12.3 Å². The zero-order chi connectivity index (χ0) is 13.1. The van der Waals surface area contributed by atoms with Gasteiger partial charge in [-0.2, -0.15) is 0 Å². The molecule has 1 unspecified atom stereocenters. The molecule has 0 radical (unpaired) electrons. The summed E-state index contributed by atoms with van der Waals surface area (Å²) in [6.07, 6.45) is 2.90. The van der Waals surface area contributed by atoms with E-state index in [1.54, 1.807) is 0 Å². The zero-order valence-electron chi connectivity index (χ0n) is 9.15. The predicted molar refractivity (Wildman–Crippen MR) is 68.6 cm³/mol. The minimum Gasteiger partial charge on any atom is -0.271 e. The molecule has 3 N–H and O–H groups in total. The molecule has 0 aromatic carbocycles. The lowest BCUT2D eigenvalue weighted by atomic mass is 10.1. The Bertz CT molecular complexity index is 493. The molecule has 0 spiro atoms. The van der Waals surface area contributed by atoms with Crippen molar-refractivity contribution in [2.24, 2.45) is 5.84 Å². The summed E-state index contributed by atoms with van der Waals surface area (Å²) in [5.74, 6) is 5.37. The van der Waals surface area contributed by atoms with Gasteiger partial charge in [0.1, 0.15) is 9.84 Å². The molecule has 1 aromatic heterocycles. The minimum absolute atomic E-state index is 0.00248. The quantitative estimate of drug-likeness (QED) is 0.632. The summed E-state index contributed by atoms with van der Waals surface area (Å²) in [4.78, 5) is 4.05. The first kappa shape index (κ1) is 14.7. The summed E-state index contributed by atoms with van der Waals surface area (Å²) >= 11 is 11.7. The molecule has 0 aliphatic carbocycles. The number of aromatic nitrogens is 1. The Morgan fingerprint density at radius 1 is 1.53 bits per heavy atom. The third kappa shape index (κ3) is 4.77. The van der Waals surface area contributed by atoms with Gasteiger partial charge in [-0.05, 0) is 12.5 Å². The number of hydrogen-bond acceptors (Lipinski definition) is 5. The highest BCUT2D eigenvalue weighted by molar-refractivity contribution is 7.90. The van der Waals surface area contributed by atoms with E-state index >= 15 is 0 Å². The average Bonchev–Trinajstić information content (AvgIpc) is 2.19. The standard InChI is InChI=1S/C9H13Cl2N3O2S/c1-17(15,16)3-2-8(14-12)9-7(11)4-6(10)5-13-9/h4-5,8,14H,2-3,12H2,1H3. The maximum absolute atomic E-state index is 11.1. The van der Waals surface area contributed by atoms with Gasteiger partial charge >= 0.3 is 0 Å². The summed E-state index contributed by atoms with van der Waals surface area (Å²) in [6.45, 7) is 0. The van der Waals surface area contributed by atoms with Gasteiger partial charge in [0.05, 0.1) is 27.5 Å². The number of nitrogens with two attached hydrogens (primary N) is 1. The molecule has 1 rings (SSSR count). The van der Waals surface area contributed by atoms with Crippen LogP contribution in [0.1, 0.15) is 18.2 Å². The molecule has 0 fully saturated rings. The van der Waals surface area contributed by atoms with Gasteiger partial charge in [-0.1, -0.05) is 23.2 Å². The normalized spacial score (nSPS) is 13.6. The summed E-state index contributed by atoms with van der Waals surface area (Å²) in [6, 6.07) is 1.12. The second kappa shape index (κ2) is 5.97. The Morgan fingerprint density at radius 3 is 2.65 bits per heavy atom. The maximum atomic E-state index is 11.1. The molecule has 96 valence electrons. The van der Waals surface area contributed by atoms with Crippen molar-refractivity contribution in [3.8, 4) is 0 Å². The van der Waals surface area contributed by atoms with Gasteiger partial charge in [-0.3, -0.25) is 16.3 Å². The lowest BCUT2D eigenvalue weighted by Gasteiger charge is -2.16. The van der Waals surface area contributed by atoms with E-state index in [0.29, 0.717) is 22.2 Å². The summed E-state index contributed by atoms with van der Waals surface area (Å²) < 4.78 is 22.2. The number of nitrogens with zero attached hydrogens (tertiary/aromatic N) is 1. The van der Waals surface area contributed by atoms with E-state index in [0.717, 1.165) is 6.26 Å². The fraction of sp³-hybridized carbons (Fsp3) is 0.444. The monoisotopic (exact) mass is 297 g/mol. The van der Waals surface area contributed by atoms with Crippen LogP contribution in [0.15, 0.2) is 12.3 Å². The summed E-state index contributed by atoms with van der Waals surface area (Å²) in [5, 5.41) is 0.770. The fourth-order valence-electron chi connectivity index (χ4n) is 1.31. The molecule has 1 aromatic rings. The summed E-state index contributed by atoms with van der Waals surface area (Å²) in [7, 11) is -3.05. The van der Waals surface area contributed by atoms with E-state index < -0.39 is 15.9 Å². The lowest BCUT2D eigenvalue weighted by molar-refractivity contribution is 0.520. The van der Waals surface area contributed by atoms with Crippen LogP contribution in [0.25, 0.3) is 0 Å². The van der Waals surface area contributed by atoms with Crippen molar-refractivity contribution in [1.82, 2.24) is 10.4 Å². The van der Waals surface area contributed by atoms with E-state index in [-0.39, 0.29) is 5.75 Å².